The zero-order chi connectivity index (χ0) is 11.3. The number of carbonyl (C=O) groups is 1. The Labute approximate surface area is 89.7 Å². The third-order valence-electron chi connectivity index (χ3n) is 2.13. The average molecular weight is 208 g/mol. The van der Waals surface area contributed by atoms with E-state index in [1.165, 1.54) is 0 Å². The summed E-state index contributed by atoms with van der Waals surface area (Å²) in [6, 6.07) is 4.84. The molecule has 1 aromatic rings. The van der Waals surface area contributed by atoms with Crippen molar-refractivity contribution in [3.63, 3.8) is 0 Å². The standard InChI is InChI=1S/C12H16O3/c1-3-10(13)7-9-5-6-11(14)8-12(9)15-4-2/h5-6,8,14H,3-4,7H2,1-2H3. The van der Waals surface area contributed by atoms with Crippen molar-refractivity contribution in [1.82, 2.24) is 0 Å². The number of Topliss-reactive ketones (excluding diaryl/α,β-unsaturated/α-hetero) is 1. The lowest BCUT2D eigenvalue weighted by molar-refractivity contribution is -0.118. The molecule has 3 nitrogen and oxygen atoms in total. The fraction of sp³-hybridized carbons (Fsp3) is 0.417. The molecule has 0 heterocycles. The summed E-state index contributed by atoms with van der Waals surface area (Å²) in [6.45, 7) is 4.23. The van der Waals surface area contributed by atoms with Gasteiger partial charge < -0.3 is 9.84 Å². The lowest BCUT2D eigenvalue weighted by Gasteiger charge is -2.09. The van der Waals surface area contributed by atoms with Gasteiger partial charge in [0.15, 0.2) is 0 Å². The molecule has 82 valence electrons. The number of ether oxygens (including phenoxy) is 1. The van der Waals surface area contributed by atoms with Crippen molar-refractivity contribution in [2.45, 2.75) is 26.7 Å². The summed E-state index contributed by atoms with van der Waals surface area (Å²) < 4.78 is 5.35. The Bertz CT molecular complexity index is 345. The number of ketones is 1. The van der Waals surface area contributed by atoms with Crippen LogP contribution in [-0.2, 0) is 11.2 Å². The van der Waals surface area contributed by atoms with E-state index in [0.717, 1.165) is 5.56 Å². The summed E-state index contributed by atoms with van der Waals surface area (Å²) in [4.78, 5) is 11.3. The third-order valence-corrected chi connectivity index (χ3v) is 2.13. The highest BCUT2D eigenvalue weighted by molar-refractivity contribution is 5.81. The zero-order valence-corrected chi connectivity index (χ0v) is 9.12. The second kappa shape index (κ2) is 5.39. The Morgan fingerprint density at radius 1 is 1.40 bits per heavy atom. The van der Waals surface area contributed by atoms with E-state index in [1.807, 2.05) is 13.8 Å². The molecule has 1 rings (SSSR count). The maximum atomic E-state index is 11.3. The van der Waals surface area contributed by atoms with Crippen molar-refractivity contribution in [2.75, 3.05) is 6.61 Å². The van der Waals surface area contributed by atoms with Gasteiger partial charge in [0.1, 0.15) is 17.3 Å². The highest BCUT2D eigenvalue weighted by Crippen LogP contribution is 2.24. The number of carbonyl (C=O) groups excluding carboxylic acids is 1. The van der Waals surface area contributed by atoms with Crippen LogP contribution in [0.4, 0.5) is 0 Å². The molecule has 0 atom stereocenters. The van der Waals surface area contributed by atoms with Crippen LogP contribution in [0.15, 0.2) is 18.2 Å². The van der Waals surface area contributed by atoms with Crippen molar-refractivity contribution in [2.24, 2.45) is 0 Å². The van der Waals surface area contributed by atoms with E-state index in [2.05, 4.69) is 0 Å². The molecule has 0 bridgehead atoms. The van der Waals surface area contributed by atoms with E-state index in [4.69, 9.17) is 4.74 Å². The van der Waals surface area contributed by atoms with Crippen LogP contribution in [0, 0.1) is 0 Å². The summed E-state index contributed by atoms with van der Waals surface area (Å²) in [5.74, 6) is 0.923. The lowest BCUT2D eigenvalue weighted by atomic mass is 10.1. The van der Waals surface area contributed by atoms with Gasteiger partial charge in [-0.15, -0.1) is 0 Å². The van der Waals surface area contributed by atoms with Gasteiger partial charge >= 0.3 is 0 Å². The molecule has 0 aromatic heterocycles. The maximum Gasteiger partial charge on any atom is 0.137 e. The fourth-order valence-electron chi connectivity index (χ4n) is 1.32. The predicted octanol–water partition coefficient (Wildman–Crippen LogP) is 2.31. The highest BCUT2D eigenvalue weighted by atomic mass is 16.5. The molecule has 3 heteroatoms. The summed E-state index contributed by atoms with van der Waals surface area (Å²) in [7, 11) is 0. The van der Waals surface area contributed by atoms with E-state index in [0.29, 0.717) is 25.2 Å². The first kappa shape index (κ1) is 11.6. The Kier molecular flexibility index (Phi) is 4.16. The van der Waals surface area contributed by atoms with Crippen LogP contribution < -0.4 is 4.74 Å². The van der Waals surface area contributed by atoms with Gasteiger partial charge in [-0.1, -0.05) is 13.0 Å². The molecule has 1 N–H and O–H groups in total. The van der Waals surface area contributed by atoms with Crippen LogP contribution in [0.3, 0.4) is 0 Å². The molecule has 1 aromatic carbocycles. The number of hydrogen-bond donors (Lipinski definition) is 1. The minimum atomic E-state index is 0.158. The van der Waals surface area contributed by atoms with Crippen molar-refractivity contribution < 1.29 is 14.6 Å². The monoisotopic (exact) mass is 208 g/mol. The van der Waals surface area contributed by atoms with E-state index in [1.54, 1.807) is 18.2 Å². The molecule has 0 aliphatic heterocycles. The zero-order valence-electron chi connectivity index (χ0n) is 9.12. The molecule has 0 spiro atoms. The van der Waals surface area contributed by atoms with Crippen LogP contribution in [0.1, 0.15) is 25.8 Å². The number of aromatic hydroxyl groups is 1. The van der Waals surface area contributed by atoms with Crippen LogP contribution in [0.2, 0.25) is 0 Å². The number of hydrogen-bond acceptors (Lipinski definition) is 3. The third kappa shape index (κ3) is 3.27. The van der Waals surface area contributed by atoms with Crippen molar-refractivity contribution in [1.29, 1.82) is 0 Å². The number of phenols is 1. The van der Waals surface area contributed by atoms with Crippen molar-refractivity contribution in [3.8, 4) is 11.5 Å². The van der Waals surface area contributed by atoms with Crippen molar-refractivity contribution >= 4 is 5.78 Å². The van der Waals surface area contributed by atoms with E-state index in [-0.39, 0.29) is 11.5 Å². The van der Waals surface area contributed by atoms with Crippen LogP contribution in [0.5, 0.6) is 11.5 Å². The molecular formula is C12H16O3. The van der Waals surface area contributed by atoms with Gasteiger partial charge in [0.25, 0.3) is 0 Å². The van der Waals surface area contributed by atoms with E-state index in [9.17, 15) is 9.90 Å². The minimum Gasteiger partial charge on any atom is -0.508 e. The van der Waals surface area contributed by atoms with Gasteiger partial charge in [-0.2, -0.15) is 0 Å². The summed E-state index contributed by atoms with van der Waals surface area (Å²) in [5, 5.41) is 9.29. The van der Waals surface area contributed by atoms with Gasteiger partial charge in [-0.25, -0.2) is 0 Å². The second-order valence-electron chi connectivity index (χ2n) is 3.29. The van der Waals surface area contributed by atoms with E-state index < -0.39 is 0 Å². The summed E-state index contributed by atoms with van der Waals surface area (Å²) >= 11 is 0. The topological polar surface area (TPSA) is 46.5 Å². The quantitative estimate of drug-likeness (QED) is 0.807. The summed E-state index contributed by atoms with van der Waals surface area (Å²) in [5.41, 5.74) is 0.835. The molecular weight excluding hydrogens is 192 g/mol. The number of benzene rings is 1. The van der Waals surface area contributed by atoms with Gasteiger partial charge in [-0.3, -0.25) is 4.79 Å². The van der Waals surface area contributed by atoms with Crippen LogP contribution in [0.25, 0.3) is 0 Å². The molecule has 15 heavy (non-hydrogen) atoms. The smallest absolute Gasteiger partial charge is 0.137 e. The number of phenolic OH excluding ortho intramolecular Hbond substituents is 1. The Balaban J connectivity index is 2.89. The first-order valence-corrected chi connectivity index (χ1v) is 5.13. The Morgan fingerprint density at radius 2 is 2.13 bits per heavy atom. The van der Waals surface area contributed by atoms with Gasteiger partial charge in [-0.05, 0) is 13.0 Å². The molecule has 0 radical (unpaired) electrons. The second-order valence-corrected chi connectivity index (χ2v) is 3.29. The van der Waals surface area contributed by atoms with Gasteiger partial charge in [0.2, 0.25) is 0 Å². The average Bonchev–Trinajstić information content (AvgIpc) is 2.22. The van der Waals surface area contributed by atoms with Crippen molar-refractivity contribution in [3.05, 3.63) is 23.8 Å². The Hall–Kier alpha value is -1.51. The largest absolute Gasteiger partial charge is 0.508 e. The van der Waals surface area contributed by atoms with Crippen LogP contribution in [-0.4, -0.2) is 17.5 Å². The summed E-state index contributed by atoms with van der Waals surface area (Å²) in [6.07, 6.45) is 0.887. The Morgan fingerprint density at radius 3 is 2.73 bits per heavy atom. The fourth-order valence-corrected chi connectivity index (χ4v) is 1.32. The first-order chi connectivity index (χ1) is 7.17. The molecule has 0 fully saturated rings. The normalized spacial score (nSPS) is 10.0. The van der Waals surface area contributed by atoms with Crippen LogP contribution >= 0.6 is 0 Å². The first-order valence-electron chi connectivity index (χ1n) is 5.13. The molecule has 0 aliphatic rings. The lowest BCUT2D eigenvalue weighted by Crippen LogP contribution is -2.03. The highest BCUT2D eigenvalue weighted by Gasteiger charge is 2.08. The van der Waals surface area contributed by atoms with Gasteiger partial charge in [0, 0.05) is 24.5 Å². The molecule has 0 amide bonds. The SMILES string of the molecule is CCOc1cc(O)ccc1CC(=O)CC. The molecule has 0 aliphatic carbocycles. The molecule has 0 unspecified atom stereocenters. The molecule has 0 saturated carbocycles. The molecule has 0 saturated heterocycles. The van der Waals surface area contributed by atoms with E-state index >= 15 is 0 Å². The van der Waals surface area contributed by atoms with Gasteiger partial charge in [0.05, 0.1) is 6.61 Å². The predicted molar refractivity (Wildman–Crippen MR) is 58.3 cm³/mol. The maximum absolute atomic E-state index is 11.3. The minimum absolute atomic E-state index is 0.158. The number of rotatable bonds is 5.